The lowest BCUT2D eigenvalue weighted by Crippen LogP contribution is -2.39. The Balaban J connectivity index is 1.95. The second-order valence-corrected chi connectivity index (χ2v) is 8.19. The molecule has 12 heteroatoms. The number of halogens is 2. The highest BCUT2D eigenvalue weighted by molar-refractivity contribution is 6.42. The number of rotatable bonds is 9. The molecular weight excluding hydrogens is 493 g/mol. The lowest BCUT2D eigenvalue weighted by Gasteiger charge is -2.14. The van der Waals surface area contributed by atoms with Gasteiger partial charge in [0, 0.05) is 13.0 Å². The number of hydrogen-bond acceptors (Lipinski definition) is 6. The number of ether oxygens (including phenoxy) is 1. The molecule has 35 heavy (non-hydrogen) atoms. The molecule has 0 amide bonds. The lowest BCUT2D eigenvalue weighted by molar-refractivity contribution is 0.414. The number of guanidine groups is 1. The summed E-state index contributed by atoms with van der Waals surface area (Å²) in [4.78, 5) is 33.0. The van der Waals surface area contributed by atoms with Gasteiger partial charge in [-0.2, -0.15) is 5.26 Å². The molecule has 3 rings (SSSR count). The number of nitrogens with two attached hydrogens (primary N) is 1. The van der Waals surface area contributed by atoms with E-state index in [0.29, 0.717) is 26.9 Å². The predicted molar refractivity (Wildman–Crippen MR) is 136 cm³/mol. The molecule has 0 saturated heterocycles. The summed E-state index contributed by atoms with van der Waals surface area (Å²) in [5, 5.41) is 14.5. The fourth-order valence-electron chi connectivity index (χ4n) is 3.29. The van der Waals surface area contributed by atoms with Gasteiger partial charge < -0.3 is 15.8 Å². The van der Waals surface area contributed by atoms with E-state index < -0.39 is 11.2 Å². The number of aliphatic imine (C=N–C) groups is 1. The minimum absolute atomic E-state index is 0.0155. The third-order valence-electron chi connectivity index (χ3n) is 5.03. The van der Waals surface area contributed by atoms with Gasteiger partial charge in [-0.1, -0.05) is 41.4 Å². The van der Waals surface area contributed by atoms with Crippen LogP contribution in [0.4, 0.5) is 5.82 Å². The standard InChI is InChI=1S/C23H23Cl2N7O3/c1-35-16-5-2-14(3-6-16)10-17-20(28-8-9-29-22(27)30-13-26)31-23(34)32(21(17)33)12-15-4-7-18(24)19(25)11-15/h2-7,11,28H,8-10,12H2,1H3,(H,31,34)(H3,27,29,30). The third kappa shape index (κ3) is 6.79. The predicted octanol–water partition coefficient (Wildman–Crippen LogP) is 2.29. The van der Waals surface area contributed by atoms with Gasteiger partial charge in [-0.25, -0.2) is 4.79 Å². The Hall–Kier alpha value is -3.94. The molecule has 3 aromatic rings. The number of aromatic nitrogens is 2. The van der Waals surface area contributed by atoms with Gasteiger partial charge in [-0.3, -0.25) is 24.7 Å². The van der Waals surface area contributed by atoms with Crippen LogP contribution < -0.4 is 32.4 Å². The van der Waals surface area contributed by atoms with E-state index in [0.717, 1.165) is 10.1 Å². The molecule has 5 N–H and O–H groups in total. The minimum atomic E-state index is -0.587. The van der Waals surface area contributed by atoms with Crippen LogP contribution in [0.3, 0.4) is 0 Å². The van der Waals surface area contributed by atoms with Gasteiger partial charge in [0.1, 0.15) is 11.6 Å². The molecule has 0 radical (unpaired) electrons. The first-order chi connectivity index (χ1) is 16.8. The molecule has 0 spiro atoms. The smallest absolute Gasteiger partial charge is 0.330 e. The zero-order valence-corrected chi connectivity index (χ0v) is 20.3. The van der Waals surface area contributed by atoms with Crippen LogP contribution in [0.2, 0.25) is 10.0 Å². The van der Waals surface area contributed by atoms with Crippen molar-refractivity contribution >= 4 is 35.0 Å². The number of aromatic amines is 1. The van der Waals surface area contributed by atoms with E-state index in [-0.39, 0.29) is 37.8 Å². The van der Waals surface area contributed by atoms with Crippen LogP contribution in [0.25, 0.3) is 0 Å². The summed E-state index contributed by atoms with van der Waals surface area (Å²) in [6.07, 6.45) is 1.93. The molecule has 0 aliphatic carbocycles. The maximum atomic E-state index is 13.4. The minimum Gasteiger partial charge on any atom is -0.497 e. The van der Waals surface area contributed by atoms with E-state index in [2.05, 4.69) is 20.6 Å². The number of nitrogens with one attached hydrogen (secondary N) is 3. The highest BCUT2D eigenvalue weighted by atomic mass is 35.5. The van der Waals surface area contributed by atoms with Crippen LogP contribution >= 0.6 is 23.2 Å². The van der Waals surface area contributed by atoms with E-state index in [1.165, 1.54) is 0 Å². The van der Waals surface area contributed by atoms with Gasteiger partial charge in [-0.05, 0) is 35.4 Å². The molecule has 0 bridgehead atoms. The second kappa shape index (κ2) is 12.0. The Kier molecular flexibility index (Phi) is 8.78. The second-order valence-electron chi connectivity index (χ2n) is 7.38. The molecular formula is C23H23Cl2N7O3. The number of nitriles is 1. The molecule has 182 valence electrons. The number of anilines is 1. The first-order valence-electron chi connectivity index (χ1n) is 10.4. The quantitative estimate of drug-likeness (QED) is 0.112. The highest BCUT2D eigenvalue weighted by Gasteiger charge is 2.16. The summed E-state index contributed by atoms with van der Waals surface area (Å²) < 4.78 is 6.30. The van der Waals surface area contributed by atoms with Gasteiger partial charge in [0.25, 0.3) is 5.56 Å². The summed E-state index contributed by atoms with van der Waals surface area (Å²) in [5.74, 6) is 0.938. The maximum Gasteiger partial charge on any atom is 0.330 e. The van der Waals surface area contributed by atoms with Crippen LogP contribution in [0, 0.1) is 11.5 Å². The average molecular weight is 516 g/mol. The Bertz CT molecular complexity index is 1380. The van der Waals surface area contributed by atoms with E-state index >= 15 is 0 Å². The van der Waals surface area contributed by atoms with Gasteiger partial charge in [0.15, 0.2) is 6.19 Å². The molecule has 0 saturated carbocycles. The molecule has 1 aromatic heterocycles. The zero-order chi connectivity index (χ0) is 25.4. The first kappa shape index (κ1) is 25.7. The highest BCUT2D eigenvalue weighted by Crippen LogP contribution is 2.23. The summed E-state index contributed by atoms with van der Waals surface area (Å²) in [6.45, 7) is 0.480. The fourth-order valence-corrected chi connectivity index (χ4v) is 3.61. The largest absolute Gasteiger partial charge is 0.497 e. The molecule has 0 atom stereocenters. The Morgan fingerprint density at radius 3 is 2.54 bits per heavy atom. The Labute approximate surface area is 211 Å². The van der Waals surface area contributed by atoms with Crippen LogP contribution in [0.1, 0.15) is 16.7 Å². The van der Waals surface area contributed by atoms with Crippen molar-refractivity contribution in [3.63, 3.8) is 0 Å². The van der Waals surface area contributed by atoms with Crippen molar-refractivity contribution in [2.75, 3.05) is 25.5 Å². The Morgan fingerprint density at radius 1 is 1.17 bits per heavy atom. The summed E-state index contributed by atoms with van der Waals surface area (Å²) in [7, 11) is 1.57. The van der Waals surface area contributed by atoms with Crippen LogP contribution in [-0.2, 0) is 13.0 Å². The molecule has 0 aliphatic heterocycles. The number of nitrogens with zero attached hydrogens (tertiary/aromatic N) is 3. The molecule has 0 unspecified atom stereocenters. The van der Waals surface area contributed by atoms with E-state index in [1.54, 1.807) is 43.6 Å². The normalized spacial score (nSPS) is 11.1. The van der Waals surface area contributed by atoms with Crippen molar-refractivity contribution in [3.05, 3.63) is 90.0 Å². The van der Waals surface area contributed by atoms with Gasteiger partial charge in [0.2, 0.25) is 5.96 Å². The van der Waals surface area contributed by atoms with Crippen molar-refractivity contribution < 1.29 is 4.74 Å². The van der Waals surface area contributed by atoms with E-state index in [1.807, 2.05) is 12.1 Å². The zero-order valence-electron chi connectivity index (χ0n) is 18.8. The van der Waals surface area contributed by atoms with Crippen LogP contribution in [-0.4, -0.2) is 35.7 Å². The number of H-pyrrole nitrogens is 1. The van der Waals surface area contributed by atoms with E-state index in [9.17, 15) is 9.59 Å². The summed E-state index contributed by atoms with van der Waals surface area (Å²) in [5.41, 5.74) is 6.35. The van der Waals surface area contributed by atoms with Crippen LogP contribution in [0.15, 0.2) is 57.0 Å². The number of benzene rings is 2. The Morgan fingerprint density at radius 2 is 1.89 bits per heavy atom. The monoisotopic (exact) mass is 515 g/mol. The van der Waals surface area contributed by atoms with Crippen molar-refractivity contribution in [2.24, 2.45) is 10.7 Å². The number of hydrogen-bond donors (Lipinski definition) is 4. The molecule has 1 heterocycles. The molecule has 0 fully saturated rings. The van der Waals surface area contributed by atoms with Gasteiger partial charge in [-0.15, -0.1) is 0 Å². The van der Waals surface area contributed by atoms with Crippen molar-refractivity contribution in [1.82, 2.24) is 14.9 Å². The number of methoxy groups -OCH3 is 1. The third-order valence-corrected chi connectivity index (χ3v) is 5.77. The van der Waals surface area contributed by atoms with Crippen molar-refractivity contribution in [2.45, 2.75) is 13.0 Å². The van der Waals surface area contributed by atoms with Crippen molar-refractivity contribution in [1.29, 1.82) is 5.26 Å². The van der Waals surface area contributed by atoms with Gasteiger partial charge >= 0.3 is 5.69 Å². The first-order valence-corrected chi connectivity index (χ1v) is 11.2. The van der Waals surface area contributed by atoms with E-state index in [4.69, 9.17) is 38.9 Å². The maximum absolute atomic E-state index is 13.4. The fraction of sp³-hybridized carbons (Fsp3) is 0.217. The molecule has 10 nitrogen and oxygen atoms in total. The lowest BCUT2D eigenvalue weighted by atomic mass is 10.1. The molecule has 2 aromatic carbocycles. The summed E-state index contributed by atoms with van der Waals surface area (Å²) >= 11 is 12.1. The summed E-state index contributed by atoms with van der Waals surface area (Å²) in [6, 6.07) is 12.2. The van der Waals surface area contributed by atoms with Crippen molar-refractivity contribution in [3.8, 4) is 11.9 Å². The SMILES string of the molecule is COc1ccc(Cc2c(NCCN=C(N)NC#N)[nH]c(=O)n(Cc3ccc(Cl)c(Cl)c3)c2=O)cc1. The molecule has 0 aliphatic rings. The topological polar surface area (TPSA) is 150 Å². The van der Waals surface area contributed by atoms with Crippen LogP contribution in [0.5, 0.6) is 5.75 Å². The van der Waals surface area contributed by atoms with Gasteiger partial charge in [0.05, 0.1) is 35.8 Å². The average Bonchev–Trinajstić information content (AvgIpc) is 2.84.